The molecule has 62 valence electrons. The lowest BCUT2D eigenvalue weighted by Gasteiger charge is -2.21. The molecule has 2 saturated carbocycles. The summed E-state index contributed by atoms with van der Waals surface area (Å²) in [5, 5.41) is 0. The molecule has 0 heterocycles. The molecular formula is C9H15NO. The van der Waals surface area contributed by atoms with Crippen LogP contribution in [0.25, 0.3) is 0 Å². The normalized spacial score (nSPS) is 33.6. The zero-order valence-corrected chi connectivity index (χ0v) is 6.81. The fraction of sp³-hybridized carbons (Fsp3) is 0.889. The molecule has 0 saturated heterocycles. The molecule has 2 N–H and O–H groups in total. The van der Waals surface area contributed by atoms with Crippen LogP contribution in [0.5, 0.6) is 0 Å². The molecule has 2 fully saturated rings. The van der Waals surface area contributed by atoms with Gasteiger partial charge in [0.2, 0.25) is 5.91 Å². The van der Waals surface area contributed by atoms with E-state index in [-0.39, 0.29) is 11.8 Å². The van der Waals surface area contributed by atoms with Gasteiger partial charge in [0.15, 0.2) is 0 Å². The molecule has 2 aliphatic rings. The first-order valence-electron chi connectivity index (χ1n) is 4.54. The summed E-state index contributed by atoms with van der Waals surface area (Å²) in [5.41, 5.74) is 5.66. The van der Waals surface area contributed by atoms with E-state index in [1.807, 2.05) is 0 Å². The molecule has 2 rings (SSSR count). The average Bonchev–Trinajstić information content (AvgIpc) is 2.66. The monoisotopic (exact) mass is 153 g/mol. The van der Waals surface area contributed by atoms with Crippen molar-refractivity contribution < 1.29 is 4.79 Å². The van der Waals surface area contributed by atoms with Crippen molar-refractivity contribution in [3.05, 3.63) is 0 Å². The predicted octanol–water partition coefficient (Wildman–Crippen LogP) is 1.44. The molecule has 1 atom stereocenters. The summed E-state index contributed by atoms with van der Waals surface area (Å²) >= 11 is 0. The lowest BCUT2D eigenvalue weighted by Crippen LogP contribution is -2.20. The molecule has 0 bridgehead atoms. The van der Waals surface area contributed by atoms with Crippen molar-refractivity contribution in [2.75, 3.05) is 0 Å². The Hall–Kier alpha value is -0.530. The van der Waals surface area contributed by atoms with Crippen molar-refractivity contribution in [2.24, 2.45) is 17.1 Å². The first-order chi connectivity index (χ1) is 5.25. The van der Waals surface area contributed by atoms with Crippen LogP contribution in [0.4, 0.5) is 0 Å². The minimum absolute atomic E-state index is 0.0631. The van der Waals surface area contributed by atoms with E-state index in [0.29, 0.717) is 5.41 Å². The highest BCUT2D eigenvalue weighted by atomic mass is 16.1. The Bertz CT molecular complexity index is 182. The minimum Gasteiger partial charge on any atom is -0.369 e. The third-order valence-corrected chi connectivity index (χ3v) is 3.38. The molecule has 2 nitrogen and oxygen atoms in total. The zero-order valence-electron chi connectivity index (χ0n) is 6.81. The summed E-state index contributed by atoms with van der Waals surface area (Å²) in [7, 11) is 0. The second-order valence-corrected chi connectivity index (χ2v) is 4.08. The van der Waals surface area contributed by atoms with Crippen molar-refractivity contribution in [1.29, 1.82) is 0 Å². The Balaban J connectivity index is 1.99. The maximum absolute atomic E-state index is 10.9. The highest BCUT2D eigenvalue weighted by Crippen LogP contribution is 2.61. The molecule has 0 radical (unpaired) electrons. The van der Waals surface area contributed by atoms with E-state index in [4.69, 9.17) is 5.73 Å². The number of carbonyl (C=O) groups excluding carboxylic acids is 1. The van der Waals surface area contributed by atoms with E-state index in [2.05, 4.69) is 0 Å². The van der Waals surface area contributed by atoms with Crippen LogP contribution in [0.15, 0.2) is 0 Å². The molecule has 2 aliphatic carbocycles. The molecular weight excluding hydrogens is 138 g/mol. The highest BCUT2D eigenvalue weighted by Gasteiger charge is 2.56. The molecule has 0 unspecified atom stereocenters. The van der Waals surface area contributed by atoms with Gasteiger partial charge in [0.05, 0.1) is 0 Å². The standard InChI is InChI=1S/C9H15NO/c10-8(11)7-6-9(7)4-2-1-3-5-9/h7H,1-6H2,(H2,10,11)/t7-/m0/s1. The maximum atomic E-state index is 10.9. The summed E-state index contributed by atoms with van der Waals surface area (Å²) in [6, 6.07) is 0. The Morgan fingerprint density at radius 3 is 2.36 bits per heavy atom. The second kappa shape index (κ2) is 2.23. The largest absolute Gasteiger partial charge is 0.369 e. The minimum atomic E-state index is -0.0631. The van der Waals surface area contributed by atoms with Crippen LogP contribution in [0.2, 0.25) is 0 Å². The van der Waals surface area contributed by atoms with E-state index < -0.39 is 0 Å². The highest BCUT2D eigenvalue weighted by molar-refractivity contribution is 5.80. The Kier molecular flexibility index (Phi) is 1.44. The van der Waals surface area contributed by atoms with Gasteiger partial charge in [0, 0.05) is 5.92 Å². The third-order valence-electron chi connectivity index (χ3n) is 3.38. The van der Waals surface area contributed by atoms with Crippen LogP contribution in [0, 0.1) is 11.3 Å². The van der Waals surface area contributed by atoms with Crippen molar-refractivity contribution in [2.45, 2.75) is 38.5 Å². The van der Waals surface area contributed by atoms with Gasteiger partial charge in [-0.25, -0.2) is 0 Å². The van der Waals surface area contributed by atoms with Crippen LogP contribution in [-0.4, -0.2) is 5.91 Å². The molecule has 0 aliphatic heterocycles. The van der Waals surface area contributed by atoms with E-state index in [9.17, 15) is 4.79 Å². The first kappa shape index (κ1) is 7.14. The summed E-state index contributed by atoms with van der Waals surface area (Å²) in [4.78, 5) is 10.9. The second-order valence-electron chi connectivity index (χ2n) is 4.08. The number of carbonyl (C=O) groups is 1. The number of primary amides is 1. The predicted molar refractivity (Wildman–Crippen MR) is 42.8 cm³/mol. The molecule has 0 aromatic carbocycles. The van der Waals surface area contributed by atoms with E-state index >= 15 is 0 Å². The fourth-order valence-corrected chi connectivity index (χ4v) is 2.56. The summed E-state index contributed by atoms with van der Waals surface area (Å²) < 4.78 is 0. The van der Waals surface area contributed by atoms with Crippen molar-refractivity contribution >= 4 is 5.91 Å². The molecule has 1 amide bonds. The van der Waals surface area contributed by atoms with Crippen LogP contribution in [0.1, 0.15) is 38.5 Å². The van der Waals surface area contributed by atoms with Gasteiger partial charge in [-0.05, 0) is 24.7 Å². The molecule has 2 heteroatoms. The van der Waals surface area contributed by atoms with Crippen molar-refractivity contribution in [3.8, 4) is 0 Å². The molecule has 0 aromatic rings. The maximum Gasteiger partial charge on any atom is 0.221 e. The van der Waals surface area contributed by atoms with Gasteiger partial charge < -0.3 is 5.73 Å². The lowest BCUT2D eigenvalue weighted by atomic mass is 9.84. The summed E-state index contributed by atoms with van der Waals surface area (Å²) in [5.74, 6) is 0.176. The van der Waals surface area contributed by atoms with Gasteiger partial charge in [-0.15, -0.1) is 0 Å². The van der Waals surface area contributed by atoms with Crippen molar-refractivity contribution in [1.82, 2.24) is 0 Å². The SMILES string of the molecule is NC(=O)[C@@H]1CC12CCCCC2. The van der Waals surface area contributed by atoms with Gasteiger partial charge in [0.25, 0.3) is 0 Å². The summed E-state index contributed by atoms with van der Waals surface area (Å²) in [6.07, 6.45) is 7.56. The van der Waals surface area contributed by atoms with E-state index in [1.54, 1.807) is 0 Å². The topological polar surface area (TPSA) is 43.1 Å². The average molecular weight is 153 g/mol. The van der Waals surface area contributed by atoms with Crippen LogP contribution in [0.3, 0.4) is 0 Å². The van der Waals surface area contributed by atoms with Crippen molar-refractivity contribution in [3.63, 3.8) is 0 Å². The Morgan fingerprint density at radius 1 is 1.27 bits per heavy atom. The quantitative estimate of drug-likeness (QED) is 0.608. The fourth-order valence-electron chi connectivity index (χ4n) is 2.56. The van der Waals surface area contributed by atoms with E-state index in [1.165, 1.54) is 32.1 Å². The Labute approximate surface area is 67.1 Å². The lowest BCUT2D eigenvalue weighted by molar-refractivity contribution is -0.120. The summed E-state index contributed by atoms with van der Waals surface area (Å²) in [6.45, 7) is 0. The number of rotatable bonds is 1. The Morgan fingerprint density at radius 2 is 1.91 bits per heavy atom. The third kappa shape index (κ3) is 1.05. The molecule has 0 aromatic heterocycles. The number of hydrogen-bond acceptors (Lipinski definition) is 1. The smallest absolute Gasteiger partial charge is 0.221 e. The number of amides is 1. The van der Waals surface area contributed by atoms with Gasteiger partial charge in [-0.2, -0.15) is 0 Å². The van der Waals surface area contributed by atoms with Gasteiger partial charge in [-0.3, -0.25) is 4.79 Å². The van der Waals surface area contributed by atoms with Crippen LogP contribution < -0.4 is 5.73 Å². The van der Waals surface area contributed by atoms with E-state index in [0.717, 1.165) is 6.42 Å². The van der Waals surface area contributed by atoms with Gasteiger partial charge >= 0.3 is 0 Å². The molecule has 1 spiro atoms. The zero-order chi connectivity index (χ0) is 7.90. The molecule has 11 heavy (non-hydrogen) atoms. The van der Waals surface area contributed by atoms with Gasteiger partial charge in [-0.1, -0.05) is 19.3 Å². The number of nitrogens with two attached hydrogens (primary N) is 1. The number of hydrogen-bond donors (Lipinski definition) is 1. The van der Waals surface area contributed by atoms with Gasteiger partial charge in [0.1, 0.15) is 0 Å². The first-order valence-corrected chi connectivity index (χ1v) is 4.54. The van der Waals surface area contributed by atoms with Crippen LogP contribution >= 0.6 is 0 Å². The van der Waals surface area contributed by atoms with Crippen LogP contribution in [-0.2, 0) is 4.79 Å².